The summed E-state index contributed by atoms with van der Waals surface area (Å²) >= 11 is 3.97. The second-order valence-electron chi connectivity index (χ2n) is 5.68. The van der Waals surface area contributed by atoms with Gasteiger partial charge in [0.05, 0.1) is 0 Å². The second-order valence-corrected chi connectivity index (χ2v) is 8.78. The molecule has 0 aliphatic heterocycles. The van der Waals surface area contributed by atoms with E-state index in [1.807, 2.05) is 44.2 Å². The van der Waals surface area contributed by atoms with Crippen LogP contribution < -0.4 is 5.32 Å². The van der Waals surface area contributed by atoms with E-state index in [9.17, 15) is 4.79 Å². The van der Waals surface area contributed by atoms with Crippen LogP contribution >= 0.6 is 35.1 Å². The molecule has 0 aromatic carbocycles. The molecule has 0 bridgehead atoms. The van der Waals surface area contributed by atoms with Gasteiger partial charge in [-0.25, -0.2) is 9.97 Å². The van der Waals surface area contributed by atoms with Crippen LogP contribution in [0.5, 0.6) is 0 Å². The first-order valence-corrected chi connectivity index (χ1v) is 11.2. The molecule has 0 unspecified atom stereocenters. The van der Waals surface area contributed by atoms with Gasteiger partial charge in [0, 0.05) is 26.9 Å². The molecular weight excluding hydrogens is 436 g/mol. The Hall–Kier alpha value is -2.69. The molecule has 0 atom stereocenters. The highest BCUT2D eigenvalue weighted by molar-refractivity contribution is 8.07. The number of carbonyl (C=O) groups is 1. The number of amides is 1. The number of hydrogen-bond donors (Lipinski definition) is 2. The van der Waals surface area contributed by atoms with E-state index >= 15 is 0 Å². The molecular formula is C20H22N6OS3. The fourth-order valence-corrected chi connectivity index (χ4v) is 3.96. The van der Waals surface area contributed by atoms with E-state index in [4.69, 9.17) is 0 Å². The number of anilines is 1. The molecule has 156 valence electrons. The van der Waals surface area contributed by atoms with Gasteiger partial charge in [-0.1, -0.05) is 61.0 Å². The second kappa shape index (κ2) is 12.1. The van der Waals surface area contributed by atoms with Crippen LogP contribution in [0.25, 0.3) is 0 Å². The number of H-pyrrole nitrogens is 1. The van der Waals surface area contributed by atoms with E-state index in [1.54, 1.807) is 13.0 Å². The van der Waals surface area contributed by atoms with E-state index in [1.165, 1.54) is 29.9 Å². The Labute approximate surface area is 188 Å². The maximum Gasteiger partial charge on any atom is 0.258 e. The minimum Gasteiger partial charge on any atom is -0.297 e. The zero-order chi connectivity index (χ0) is 21.9. The van der Waals surface area contributed by atoms with Gasteiger partial charge in [-0.2, -0.15) is 9.47 Å². The zero-order valence-electron chi connectivity index (χ0n) is 16.9. The summed E-state index contributed by atoms with van der Waals surface area (Å²) in [5.41, 5.74) is 0.315. The monoisotopic (exact) mass is 458 g/mol. The normalized spacial score (nSPS) is 13.0. The lowest BCUT2D eigenvalue weighted by atomic mass is 10.2. The number of nitrogens with one attached hydrogen (secondary N) is 2. The van der Waals surface area contributed by atoms with Crippen LogP contribution in [-0.4, -0.2) is 30.4 Å². The summed E-state index contributed by atoms with van der Waals surface area (Å²) in [6.07, 6.45) is 12.7. The van der Waals surface area contributed by atoms with Gasteiger partial charge in [-0.05, 0) is 37.8 Å². The number of rotatable bonds is 10. The minimum absolute atomic E-state index is 0.315. The van der Waals surface area contributed by atoms with Crippen molar-refractivity contribution < 1.29 is 4.79 Å². The predicted octanol–water partition coefficient (Wildman–Crippen LogP) is 5.42. The highest BCUT2D eigenvalue weighted by atomic mass is 32.2. The number of aryl methyl sites for hydroxylation is 1. The van der Waals surface area contributed by atoms with Crippen molar-refractivity contribution in [2.45, 2.75) is 25.9 Å². The van der Waals surface area contributed by atoms with Crippen LogP contribution in [0.2, 0.25) is 0 Å². The molecule has 7 nitrogen and oxygen atoms in total. The molecule has 2 aromatic heterocycles. The molecule has 30 heavy (non-hydrogen) atoms. The number of thioether (sulfide) groups is 2. The molecule has 0 aliphatic carbocycles. The lowest BCUT2D eigenvalue weighted by Gasteiger charge is -2.10. The molecule has 2 N–H and O–H groups in total. The molecule has 0 fully saturated rings. The summed E-state index contributed by atoms with van der Waals surface area (Å²) in [7, 11) is 0. The Morgan fingerprint density at radius 2 is 2.13 bits per heavy atom. The highest BCUT2D eigenvalue weighted by Crippen LogP contribution is 2.33. The maximum atomic E-state index is 12.7. The largest absolute Gasteiger partial charge is 0.297 e. The molecule has 0 aliphatic rings. The summed E-state index contributed by atoms with van der Waals surface area (Å²) in [6, 6.07) is 0. The average molecular weight is 459 g/mol. The van der Waals surface area contributed by atoms with Crippen LogP contribution in [0.3, 0.4) is 0 Å². The summed E-state index contributed by atoms with van der Waals surface area (Å²) in [4.78, 5) is 23.5. The number of hydrogen-bond acceptors (Lipinski definition) is 8. The summed E-state index contributed by atoms with van der Waals surface area (Å²) in [6.45, 7) is 13.5. The number of aromatic nitrogens is 5. The van der Waals surface area contributed by atoms with E-state index in [-0.39, 0.29) is 5.91 Å². The third kappa shape index (κ3) is 7.62. The van der Waals surface area contributed by atoms with Crippen LogP contribution in [-0.2, 0) is 4.79 Å². The topological polar surface area (TPSA) is 96.5 Å². The first-order valence-electron chi connectivity index (χ1n) is 8.79. The molecule has 1 amide bonds. The van der Waals surface area contributed by atoms with E-state index in [0.717, 1.165) is 21.3 Å². The molecule has 2 heterocycles. The predicted molar refractivity (Wildman–Crippen MR) is 127 cm³/mol. The number of carbonyl (C=O) groups excluding carboxylic acids is 1. The van der Waals surface area contributed by atoms with Gasteiger partial charge in [0.25, 0.3) is 5.91 Å². The lowest BCUT2D eigenvalue weighted by molar-refractivity contribution is -0.112. The smallest absolute Gasteiger partial charge is 0.258 e. The van der Waals surface area contributed by atoms with Crippen molar-refractivity contribution in [2.75, 3.05) is 5.32 Å². The van der Waals surface area contributed by atoms with Crippen molar-refractivity contribution in [3.63, 3.8) is 0 Å². The number of nitrogens with zero attached hydrogens (tertiary/aromatic N) is 4. The lowest BCUT2D eigenvalue weighted by Crippen LogP contribution is -2.14. The maximum absolute atomic E-state index is 12.7. The number of allylic oxidation sites excluding steroid dienone is 7. The fraction of sp³-hybridized carbons (Fsp3) is 0.150. The molecule has 0 spiro atoms. The van der Waals surface area contributed by atoms with Crippen molar-refractivity contribution in [1.29, 1.82) is 0 Å². The minimum atomic E-state index is -0.340. The molecule has 2 aromatic rings. The Morgan fingerprint density at radius 3 is 2.73 bits per heavy atom. The van der Waals surface area contributed by atoms with Crippen molar-refractivity contribution in [3.05, 3.63) is 82.1 Å². The zero-order valence-corrected chi connectivity index (χ0v) is 19.3. The Bertz CT molecular complexity index is 1020. The van der Waals surface area contributed by atoms with Gasteiger partial charge in [0.1, 0.15) is 12.2 Å². The first-order chi connectivity index (χ1) is 14.4. The summed E-state index contributed by atoms with van der Waals surface area (Å²) in [5, 5.41) is 10.5. The van der Waals surface area contributed by atoms with Crippen molar-refractivity contribution >= 4 is 46.1 Å². The Kier molecular flexibility index (Phi) is 9.52. The van der Waals surface area contributed by atoms with Gasteiger partial charge >= 0.3 is 0 Å². The summed E-state index contributed by atoms with van der Waals surface area (Å²) < 4.78 is 4.07. The van der Waals surface area contributed by atoms with E-state index in [2.05, 4.69) is 43.0 Å². The standard InChI is InChI=1S/C20H22N6OS3/c1-6-8-9-16(7-2)29-17(11-10-13(3)28-19-21-12-22-25-19)14(4)18(27)24-20-23-15(5)26-30-20/h6-12H,2,4H2,1,3,5H3,(H,21,22,25)(H,23,24,26,27)/b8-6-,13-10+,16-9+,17-11+. The van der Waals surface area contributed by atoms with Gasteiger partial charge in [-0.3, -0.25) is 15.2 Å². The third-order valence-corrected chi connectivity index (χ3v) is 6.03. The van der Waals surface area contributed by atoms with Gasteiger partial charge in [0.2, 0.25) is 5.13 Å². The van der Waals surface area contributed by atoms with E-state index in [0.29, 0.717) is 26.6 Å². The summed E-state index contributed by atoms with van der Waals surface area (Å²) in [5.74, 6) is 0.269. The molecule has 2 rings (SSSR count). The van der Waals surface area contributed by atoms with Crippen molar-refractivity contribution in [3.8, 4) is 0 Å². The number of aromatic amines is 1. The van der Waals surface area contributed by atoms with Crippen molar-refractivity contribution in [1.82, 2.24) is 24.5 Å². The molecule has 0 saturated heterocycles. The van der Waals surface area contributed by atoms with Gasteiger partial charge in [0.15, 0.2) is 5.16 Å². The van der Waals surface area contributed by atoms with Crippen LogP contribution in [0.15, 0.2) is 81.4 Å². The Balaban J connectivity index is 2.25. The highest BCUT2D eigenvalue weighted by Gasteiger charge is 2.15. The quantitative estimate of drug-likeness (QED) is 0.279. The first kappa shape index (κ1) is 23.6. The van der Waals surface area contributed by atoms with Crippen LogP contribution in [0, 0.1) is 6.92 Å². The molecule has 0 radical (unpaired) electrons. The SMILES string of the molecule is C=C/C(=C\C=C/C)S/C(=C/C=C(\C)Sc1ncn[nH]1)C(=C)C(=O)Nc1nc(C)ns1. The van der Waals surface area contributed by atoms with Crippen molar-refractivity contribution in [2.24, 2.45) is 0 Å². The van der Waals surface area contributed by atoms with Crippen LogP contribution in [0.4, 0.5) is 5.13 Å². The van der Waals surface area contributed by atoms with E-state index < -0.39 is 0 Å². The molecule has 10 heteroatoms. The third-order valence-electron chi connectivity index (χ3n) is 3.32. The van der Waals surface area contributed by atoms with Gasteiger partial charge in [-0.15, -0.1) is 0 Å². The Morgan fingerprint density at radius 1 is 1.33 bits per heavy atom. The molecule has 0 saturated carbocycles. The van der Waals surface area contributed by atoms with Gasteiger partial charge < -0.3 is 0 Å². The van der Waals surface area contributed by atoms with Crippen LogP contribution in [0.1, 0.15) is 19.7 Å². The average Bonchev–Trinajstić information content (AvgIpc) is 3.38. The fourth-order valence-electron chi connectivity index (χ4n) is 1.91.